The van der Waals surface area contributed by atoms with E-state index in [0.29, 0.717) is 41.2 Å². The van der Waals surface area contributed by atoms with Crippen LogP contribution in [-0.4, -0.2) is 44.6 Å². The number of amides is 1. The molecule has 0 spiro atoms. The van der Waals surface area contributed by atoms with Crippen molar-refractivity contribution in [2.75, 3.05) is 18.5 Å². The van der Waals surface area contributed by atoms with Gasteiger partial charge in [0.2, 0.25) is 0 Å². The lowest BCUT2D eigenvalue weighted by molar-refractivity contribution is 0.0951. The number of nitrogens with zero attached hydrogens (tertiary/aromatic N) is 3. The van der Waals surface area contributed by atoms with Crippen LogP contribution in [0.5, 0.6) is 0 Å². The standard InChI is InChI=1S/C24H23F2N5O2/c25-17-11-19-20(12-18(17)26)31-21(13-28-23(31)22(30-19)27-9-1-2-10-32)14-3-5-15(6-4-14)24(33)29-16-7-8-16/h3-6,11-13,16,32H,1-2,7-10H2,(H,27,30)(H,29,33). The second-order valence-corrected chi connectivity index (χ2v) is 8.20. The lowest BCUT2D eigenvalue weighted by Crippen LogP contribution is -2.25. The van der Waals surface area contributed by atoms with Gasteiger partial charge in [-0.1, -0.05) is 12.1 Å². The van der Waals surface area contributed by atoms with Gasteiger partial charge in [-0.2, -0.15) is 0 Å². The number of fused-ring (bicyclic) bond motifs is 3. The van der Waals surface area contributed by atoms with Crippen LogP contribution in [0.2, 0.25) is 0 Å². The number of nitrogens with one attached hydrogen (secondary N) is 2. The minimum absolute atomic E-state index is 0.0922. The highest BCUT2D eigenvalue weighted by Crippen LogP contribution is 2.30. The number of carbonyl (C=O) groups is 1. The SMILES string of the molecule is O=C(NC1CC1)c1ccc(-c2cnc3c(NCCCCO)nc4cc(F)c(F)cc4n23)cc1. The Bertz CT molecular complexity index is 1330. The molecule has 9 heteroatoms. The Morgan fingerprint density at radius 1 is 1.12 bits per heavy atom. The van der Waals surface area contributed by atoms with Crippen molar-refractivity contribution in [2.24, 2.45) is 0 Å². The zero-order chi connectivity index (χ0) is 22.9. The molecule has 2 aromatic heterocycles. The number of carbonyl (C=O) groups excluding carboxylic acids is 1. The van der Waals surface area contributed by atoms with Crippen molar-refractivity contribution in [2.45, 2.75) is 31.7 Å². The molecule has 0 bridgehead atoms. The summed E-state index contributed by atoms with van der Waals surface area (Å²) >= 11 is 0. The van der Waals surface area contributed by atoms with Crippen LogP contribution in [0, 0.1) is 11.6 Å². The van der Waals surface area contributed by atoms with Crippen molar-refractivity contribution in [3.05, 3.63) is 59.8 Å². The lowest BCUT2D eigenvalue weighted by Gasteiger charge is -2.12. The molecule has 7 nitrogen and oxygen atoms in total. The molecule has 2 aromatic carbocycles. The smallest absolute Gasteiger partial charge is 0.251 e. The molecule has 1 saturated carbocycles. The van der Waals surface area contributed by atoms with Gasteiger partial charge < -0.3 is 15.7 Å². The molecule has 0 unspecified atom stereocenters. The van der Waals surface area contributed by atoms with E-state index >= 15 is 0 Å². The monoisotopic (exact) mass is 451 g/mol. The summed E-state index contributed by atoms with van der Waals surface area (Å²) in [6, 6.07) is 9.56. The molecule has 5 rings (SSSR count). The van der Waals surface area contributed by atoms with Gasteiger partial charge in [0.1, 0.15) is 0 Å². The number of benzene rings is 2. The van der Waals surface area contributed by atoms with Crippen LogP contribution in [0.3, 0.4) is 0 Å². The Balaban J connectivity index is 1.58. The predicted octanol–water partition coefficient (Wildman–Crippen LogP) is 3.90. The first-order valence-electron chi connectivity index (χ1n) is 11.0. The van der Waals surface area contributed by atoms with Gasteiger partial charge in [0.25, 0.3) is 5.91 Å². The highest BCUT2D eigenvalue weighted by molar-refractivity contribution is 5.95. The van der Waals surface area contributed by atoms with Gasteiger partial charge in [-0.15, -0.1) is 0 Å². The fourth-order valence-electron chi connectivity index (χ4n) is 3.78. The van der Waals surface area contributed by atoms with E-state index in [9.17, 15) is 13.6 Å². The van der Waals surface area contributed by atoms with Gasteiger partial charge in [-0.05, 0) is 37.8 Å². The molecule has 4 aromatic rings. The first-order valence-corrected chi connectivity index (χ1v) is 11.0. The maximum atomic E-state index is 14.1. The Hall–Kier alpha value is -3.59. The number of aliphatic hydroxyl groups excluding tert-OH is 1. The Morgan fingerprint density at radius 2 is 1.88 bits per heavy atom. The predicted molar refractivity (Wildman–Crippen MR) is 121 cm³/mol. The van der Waals surface area contributed by atoms with E-state index in [1.54, 1.807) is 22.7 Å². The van der Waals surface area contributed by atoms with E-state index in [1.165, 1.54) is 0 Å². The molecular formula is C24H23F2N5O2. The summed E-state index contributed by atoms with van der Waals surface area (Å²) in [5.41, 5.74) is 3.14. The minimum Gasteiger partial charge on any atom is -0.396 e. The normalized spacial score (nSPS) is 13.5. The van der Waals surface area contributed by atoms with E-state index in [-0.39, 0.29) is 24.1 Å². The molecular weight excluding hydrogens is 428 g/mol. The molecule has 170 valence electrons. The van der Waals surface area contributed by atoms with E-state index in [2.05, 4.69) is 20.6 Å². The molecule has 0 saturated heterocycles. The van der Waals surface area contributed by atoms with Gasteiger partial charge in [-0.3, -0.25) is 9.20 Å². The average molecular weight is 451 g/mol. The molecule has 1 aliphatic carbocycles. The first-order chi connectivity index (χ1) is 16.0. The summed E-state index contributed by atoms with van der Waals surface area (Å²) < 4.78 is 29.8. The lowest BCUT2D eigenvalue weighted by atomic mass is 10.1. The largest absolute Gasteiger partial charge is 0.396 e. The van der Waals surface area contributed by atoms with E-state index < -0.39 is 11.6 Å². The van der Waals surface area contributed by atoms with Crippen LogP contribution in [-0.2, 0) is 0 Å². The number of imidazole rings is 1. The number of halogens is 2. The number of unbranched alkanes of at least 4 members (excludes halogenated alkanes) is 1. The summed E-state index contributed by atoms with van der Waals surface area (Å²) in [5, 5.41) is 15.1. The minimum atomic E-state index is -0.978. The average Bonchev–Trinajstić information content (AvgIpc) is 3.52. The molecule has 0 atom stereocenters. The molecule has 1 fully saturated rings. The van der Waals surface area contributed by atoms with E-state index in [1.807, 2.05) is 12.1 Å². The third-order valence-electron chi connectivity index (χ3n) is 5.70. The van der Waals surface area contributed by atoms with Crippen LogP contribution in [0.1, 0.15) is 36.0 Å². The van der Waals surface area contributed by atoms with Crippen molar-refractivity contribution in [3.8, 4) is 11.3 Å². The Kier molecular flexibility index (Phi) is 5.63. The summed E-state index contributed by atoms with van der Waals surface area (Å²) in [4.78, 5) is 21.3. The van der Waals surface area contributed by atoms with Crippen LogP contribution in [0.4, 0.5) is 14.6 Å². The van der Waals surface area contributed by atoms with Crippen LogP contribution < -0.4 is 10.6 Å². The van der Waals surface area contributed by atoms with Gasteiger partial charge in [0, 0.05) is 42.5 Å². The summed E-state index contributed by atoms with van der Waals surface area (Å²) in [6.45, 7) is 0.639. The third kappa shape index (κ3) is 4.23. The van der Waals surface area contributed by atoms with E-state index in [4.69, 9.17) is 5.11 Å². The Labute approximate surface area is 188 Å². The number of anilines is 1. The third-order valence-corrected chi connectivity index (χ3v) is 5.70. The number of rotatable bonds is 8. The molecule has 2 heterocycles. The second-order valence-electron chi connectivity index (χ2n) is 8.20. The fourth-order valence-corrected chi connectivity index (χ4v) is 3.78. The van der Waals surface area contributed by atoms with Crippen LogP contribution >= 0.6 is 0 Å². The maximum Gasteiger partial charge on any atom is 0.251 e. The Morgan fingerprint density at radius 3 is 2.61 bits per heavy atom. The van der Waals surface area contributed by atoms with Gasteiger partial charge >= 0.3 is 0 Å². The number of hydrogen-bond acceptors (Lipinski definition) is 5. The van der Waals surface area contributed by atoms with Crippen molar-refractivity contribution in [3.63, 3.8) is 0 Å². The first kappa shape index (κ1) is 21.3. The molecule has 1 aliphatic rings. The van der Waals surface area contributed by atoms with Crippen molar-refractivity contribution in [1.82, 2.24) is 19.7 Å². The van der Waals surface area contributed by atoms with E-state index in [0.717, 1.165) is 37.0 Å². The van der Waals surface area contributed by atoms with Crippen molar-refractivity contribution >= 4 is 28.4 Å². The van der Waals surface area contributed by atoms with Crippen molar-refractivity contribution < 1.29 is 18.7 Å². The summed E-state index contributed by atoms with van der Waals surface area (Å²) in [7, 11) is 0. The highest BCUT2D eigenvalue weighted by Gasteiger charge is 2.24. The summed E-state index contributed by atoms with van der Waals surface area (Å²) in [5.74, 6) is -1.61. The zero-order valence-corrected chi connectivity index (χ0v) is 17.8. The van der Waals surface area contributed by atoms with Gasteiger partial charge in [-0.25, -0.2) is 18.7 Å². The molecule has 0 radical (unpaired) electrons. The van der Waals surface area contributed by atoms with Gasteiger partial charge in [0.15, 0.2) is 23.1 Å². The van der Waals surface area contributed by atoms with Crippen LogP contribution in [0.15, 0.2) is 42.6 Å². The van der Waals surface area contributed by atoms with Crippen molar-refractivity contribution in [1.29, 1.82) is 0 Å². The zero-order valence-electron chi connectivity index (χ0n) is 17.8. The van der Waals surface area contributed by atoms with Crippen LogP contribution in [0.25, 0.3) is 27.9 Å². The molecule has 33 heavy (non-hydrogen) atoms. The second kappa shape index (κ2) is 8.74. The highest BCUT2D eigenvalue weighted by atomic mass is 19.2. The molecule has 0 aliphatic heterocycles. The maximum absolute atomic E-state index is 14.1. The summed E-state index contributed by atoms with van der Waals surface area (Å²) in [6.07, 6.45) is 5.03. The fraction of sp³-hybridized carbons (Fsp3) is 0.292. The molecule has 3 N–H and O–H groups in total. The van der Waals surface area contributed by atoms with Gasteiger partial charge in [0.05, 0.1) is 22.9 Å². The topological polar surface area (TPSA) is 91.5 Å². The number of aliphatic hydroxyl groups is 1. The molecule has 1 amide bonds. The number of aromatic nitrogens is 3. The quantitative estimate of drug-likeness (QED) is 0.354. The number of hydrogen-bond donors (Lipinski definition) is 3.